The monoisotopic (exact) mass is 170 g/mol. The van der Waals surface area contributed by atoms with Gasteiger partial charge in [0.15, 0.2) is 0 Å². The number of hydrogen-bond donors (Lipinski definition) is 2. The van der Waals surface area contributed by atoms with Crippen LogP contribution < -0.4 is 11.1 Å². The molecule has 0 spiro atoms. The summed E-state index contributed by atoms with van der Waals surface area (Å²) in [5.74, 6) is 0.124. The van der Waals surface area contributed by atoms with Gasteiger partial charge in [-0.2, -0.15) is 0 Å². The van der Waals surface area contributed by atoms with E-state index in [1.54, 1.807) is 0 Å². The molecule has 12 heavy (non-hydrogen) atoms. The summed E-state index contributed by atoms with van der Waals surface area (Å²) in [5, 5.41) is 2.92. The van der Waals surface area contributed by atoms with Crippen LogP contribution in [0.25, 0.3) is 0 Å². The second-order valence-electron chi connectivity index (χ2n) is 3.59. The van der Waals surface area contributed by atoms with E-state index in [1.807, 2.05) is 0 Å². The van der Waals surface area contributed by atoms with Gasteiger partial charge in [0.25, 0.3) is 0 Å². The topological polar surface area (TPSA) is 55.1 Å². The van der Waals surface area contributed by atoms with Crippen LogP contribution in [0.4, 0.5) is 0 Å². The van der Waals surface area contributed by atoms with Crippen molar-refractivity contribution in [2.24, 2.45) is 5.73 Å². The fourth-order valence-electron chi connectivity index (χ4n) is 1.23. The zero-order chi connectivity index (χ0) is 8.97. The standard InChI is InChI=1S/C9H18N2O/c1-2-3-7(10)6-9(12)11-8-4-5-8/h7-8H,2-6,10H2,1H3,(H,11,12). The van der Waals surface area contributed by atoms with Gasteiger partial charge < -0.3 is 11.1 Å². The van der Waals surface area contributed by atoms with E-state index in [0.29, 0.717) is 12.5 Å². The van der Waals surface area contributed by atoms with Crippen LogP contribution in [0, 0.1) is 0 Å². The first-order valence-corrected chi connectivity index (χ1v) is 4.77. The maximum atomic E-state index is 11.2. The predicted molar refractivity (Wildman–Crippen MR) is 48.7 cm³/mol. The second-order valence-corrected chi connectivity index (χ2v) is 3.59. The third kappa shape index (κ3) is 3.72. The van der Waals surface area contributed by atoms with Crippen LogP contribution in [0.2, 0.25) is 0 Å². The maximum Gasteiger partial charge on any atom is 0.221 e. The Morgan fingerprint density at radius 2 is 2.33 bits per heavy atom. The highest BCUT2D eigenvalue weighted by atomic mass is 16.1. The van der Waals surface area contributed by atoms with Crippen LogP contribution in [-0.2, 0) is 4.79 Å². The van der Waals surface area contributed by atoms with E-state index >= 15 is 0 Å². The Hall–Kier alpha value is -0.570. The van der Waals surface area contributed by atoms with Crippen molar-refractivity contribution >= 4 is 5.91 Å². The van der Waals surface area contributed by atoms with Crippen molar-refractivity contribution < 1.29 is 4.79 Å². The summed E-state index contributed by atoms with van der Waals surface area (Å²) in [6.07, 6.45) is 4.78. The molecule has 0 radical (unpaired) electrons. The van der Waals surface area contributed by atoms with E-state index in [2.05, 4.69) is 12.2 Å². The quantitative estimate of drug-likeness (QED) is 0.640. The third-order valence-corrected chi connectivity index (χ3v) is 2.05. The smallest absolute Gasteiger partial charge is 0.221 e. The molecule has 1 fully saturated rings. The van der Waals surface area contributed by atoms with Crippen molar-refractivity contribution in [2.75, 3.05) is 0 Å². The number of hydrogen-bond acceptors (Lipinski definition) is 2. The summed E-state index contributed by atoms with van der Waals surface area (Å²) in [5.41, 5.74) is 5.72. The third-order valence-electron chi connectivity index (χ3n) is 2.05. The van der Waals surface area contributed by atoms with Crippen molar-refractivity contribution in [3.8, 4) is 0 Å². The Morgan fingerprint density at radius 3 is 2.83 bits per heavy atom. The minimum Gasteiger partial charge on any atom is -0.353 e. The van der Waals surface area contributed by atoms with Crippen LogP contribution in [0.1, 0.15) is 39.0 Å². The van der Waals surface area contributed by atoms with Gasteiger partial charge in [0, 0.05) is 18.5 Å². The van der Waals surface area contributed by atoms with Crippen LogP contribution in [0.5, 0.6) is 0 Å². The average Bonchev–Trinajstić information content (AvgIpc) is 2.71. The molecular formula is C9H18N2O. The molecule has 1 aliphatic carbocycles. The number of carbonyl (C=O) groups excluding carboxylic acids is 1. The van der Waals surface area contributed by atoms with Crippen molar-refractivity contribution in [3.63, 3.8) is 0 Å². The van der Waals surface area contributed by atoms with Gasteiger partial charge in [-0.25, -0.2) is 0 Å². The van der Waals surface area contributed by atoms with E-state index in [9.17, 15) is 4.79 Å². The van der Waals surface area contributed by atoms with E-state index in [-0.39, 0.29) is 11.9 Å². The molecule has 0 aromatic rings. The molecule has 0 aromatic carbocycles. The highest BCUT2D eigenvalue weighted by Gasteiger charge is 2.23. The molecule has 0 aliphatic heterocycles. The molecule has 0 bridgehead atoms. The maximum absolute atomic E-state index is 11.2. The van der Waals surface area contributed by atoms with Crippen LogP contribution in [-0.4, -0.2) is 18.0 Å². The van der Waals surface area contributed by atoms with Crippen molar-refractivity contribution in [1.82, 2.24) is 5.32 Å². The molecule has 70 valence electrons. The molecule has 1 atom stereocenters. The fraction of sp³-hybridized carbons (Fsp3) is 0.889. The van der Waals surface area contributed by atoms with Crippen molar-refractivity contribution in [3.05, 3.63) is 0 Å². The highest BCUT2D eigenvalue weighted by molar-refractivity contribution is 5.77. The summed E-state index contributed by atoms with van der Waals surface area (Å²) in [4.78, 5) is 11.2. The molecule has 0 saturated heterocycles. The fourth-order valence-corrected chi connectivity index (χ4v) is 1.23. The highest BCUT2D eigenvalue weighted by Crippen LogP contribution is 2.18. The molecule has 0 heterocycles. The Balaban J connectivity index is 2.06. The van der Waals surface area contributed by atoms with E-state index in [0.717, 1.165) is 25.7 Å². The first-order valence-electron chi connectivity index (χ1n) is 4.77. The van der Waals surface area contributed by atoms with Gasteiger partial charge in [0.2, 0.25) is 5.91 Å². The van der Waals surface area contributed by atoms with Gasteiger partial charge in [0.05, 0.1) is 0 Å². The van der Waals surface area contributed by atoms with E-state index < -0.39 is 0 Å². The van der Waals surface area contributed by atoms with Gasteiger partial charge in [-0.3, -0.25) is 4.79 Å². The normalized spacial score (nSPS) is 18.8. The van der Waals surface area contributed by atoms with E-state index in [4.69, 9.17) is 5.73 Å². The van der Waals surface area contributed by atoms with Crippen LogP contribution in [0.3, 0.4) is 0 Å². The first-order chi connectivity index (χ1) is 5.72. The molecule has 1 rings (SSSR count). The Bertz CT molecular complexity index is 155. The van der Waals surface area contributed by atoms with Crippen LogP contribution in [0.15, 0.2) is 0 Å². The number of nitrogens with two attached hydrogens (primary N) is 1. The molecule has 3 N–H and O–H groups in total. The van der Waals surface area contributed by atoms with Gasteiger partial charge in [-0.05, 0) is 19.3 Å². The summed E-state index contributed by atoms with van der Waals surface area (Å²) in [7, 11) is 0. The number of nitrogens with one attached hydrogen (secondary N) is 1. The van der Waals surface area contributed by atoms with E-state index in [1.165, 1.54) is 0 Å². The first kappa shape index (κ1) is 9.52. The van der Waals surface area contributed by atoms with Gasteiger partial charge in [-0.1, -0.05) is 13.3 Å². The minimum atomic E-state index is 0.0498. The lowest BCUT2D eigenvalue weighted by Crippen LogP contribution is -2.32. The molecule has 0 aromatic heterocycles. The molecule has 1 amide bonds. The van der Waals surface area contributed by atoms with Gasteiger partial charge in [0.1, 0.15) is 0 Å². The Labute approximate surface area is 73.7 Å². The molecule has 1 aliphatic rings. The lowest BCUT2D eigenvalue weighted by Gasteiger charge is -2.09. The van der Waals surface area contributed by atoms with Crippen molar-refractivity contribution in [2.45, 2.75) is 51.1 Å². The molecule has 1 saturated carbocycles. The number of amides is 1. The summed E-state index contributed by atoms with van der Waals surface area (Å²) >= 11 is 0. The summed E-state index contributed by atoms with van der Waals surface area (Å²) in [6, 6.07) is 0.514. The van der Waals surface area contributed by atoms with Crippen molar-refractivity contribution in [1.29, 1.82) is 0 Å². The zero-order valence-electron chi connectivity index (χ0n) is 7.68. The lowest BCUT2D eigenvalue weighted by atomic mass is 10.1. The molecule has 3 heteroatoms. The second kappa shape index (κ2) is 4.45. The summed E-state index contributed by atoms with van der Waals surface area (Å²) in [6.45, 7) is 2.08. The zero-order valence-corrected chi connectivity index (χ0v) is 7.68. The van der Waals surface area contributed by atoms with Crippen LogP contribution >= 0.6 is 0 Å². The Kier molecular flexibility index (Phi) is 3.53. The Morgan fingerprint density at radius 1 is 1.67 bits per heavy atom. The number of carbonyl (C=O) groups is 1. The van der Waals surface area contributed by atoms with Gasteiger partial charge >= 0.3 is 0 Å². The summed E-state index contributed by atoms with van der Waals surface area (Å²) < 4.78 is 0. The number of rotatable bonds is 5. The molecule has 1 unspecified atom stereocenters. The average molecular weight is 170 g/mol. The van der Waals surface area contributed by atoms with Gasteiger partial charge in [-0.15, -0.1) is 0 Å². The minimum absolute atomic E-state index is 0.0498. The predicted octanol–water partition coefficient (Wildman–Crippen LogP) is 0.783. The molecular weight excluding hydrogens is 152 g/mol. The molecule has 3 nitrogen and oxygen atoms in total. The lowest BCUT2D eigenvalue weighted by molar-refractivity contribution is -0.121. The SMILES string of the molecule is CCCC(N)CC(=O)NC1CC1. The largest absolute Gasteiger partial charge is 0.353 e.